The van der Waals surface area contributed by atoms with Gasteiger partial charge in [0.15, 0.2) is 0 Å². The highest BCUT2D eigenvalue weighted by Crippen LogP contribution is 2.18. The van der Waals surface area contributed by atoms with Crippen molar-refractivity contribution in [1.29, 1.82) is 0 Å². The first-order valence-electron chi connectivity index (χ1n) is 6.08. The van der Waals surface area contributed by atoms with Crippen molar-refractivity contribution in [3.8, 4) is 0 Å². The predicted octanol–water partition coefficient (Wildman–Crippen LogP) is 2.70. The molecule has 0 fully saturated rings. The fraction of sp³-hybridized carbons (Fsp3) is 0.462. The molecule has 0 saturated carbocycles. The quantitative estimate of drug-likeness (QED) is 0.760. The summed E-state index contributed by atoms with van der Waals surface area (Å²) in [6.45, 7) is 6.60. The molecule has 0 aliphatic rings. The van der Waals surface area contributed by atoms with E-state index in [9.17, 15) is 4.79 Å². The van der Waals surface area contributed by atoms with Crippen molar-refractivity contribution in [3.05, 3.63) is 28.7 Å². The lowest BCUT2D eigenvalue weighted by Gasteiger charge is -2.21. The van der Waals surface area contributed by atoms with Gasteiger partial charge in [0, 0.05) is 11.7 Å². The number of nitrogens with one attached hydrogen (secondary N) is 3. The molecular weight excluding hydrogens is 214 g/mol. The third-order valence-corrected chi connectivity index (χ3v) is 3.41. The first-order valence-corrected chi connectivity index (χ1v) is 6.08. The molecule has 1 heterocycles. The summed E-state index contributed by atoms with van der Waals surface area (Å²) < 4.78 is 0. The Morgan fingerprint density at radius 1 is 1.24 bits per heavy atom. The van der Waals surface area contributed by atoms with Crippen molar-refractivity contribution in [2.24, 2.45) is 5.92 Å². The van der Waals surface area contributed by atoms with Gasteiger partial charge in [-0.2, -0.15) is 0 Å². The van der Waals surface area contributed by atoms with Crippen LogP contribution in [0.2, 0.25) is 0 Å². The summed E-state index contributed by atoms with van der Waals surface area (Å²) in [5, 5.41) is 3.46. The third-order valence-electron chi connectivity index (χ3n) is 3.41. The fourth-order valence-electron chi connectivity index (χ4n) is 1.88. The summed E-state index contributed by atoms with van der Waals surface area (Å²) in [4.78, 5) is 16.6. The van der Waals surface area contributed by atoms with Crippen molar-refractivity contribution >= 4 is 16.7 Å². The summed E-state index contributed by atoms with van der Waals surface area (Å²) in [5.41, 5.74) is 2.57. The summed E-state index contributed by atoms with van der Waals surface area (Å²) in [5.74, 6) is 0.621. The molecule has 1 aromatic heterocycles. The zero-order chi connectivity index (χ0) is 12.4. The summed E-state index contributed by atoms with van der Waals surface area (Å²) >= 11 is 0. The molecule has 4 nitrogen and oxygen atoms in total. The van der Waals surface area contributed by atoms with Gasteiger partial charge in [0.05, 0.1) is 11.0 Å². The van der Waals surface area contributed by atoms with E-state index < -0.39 is 0 Å². The van der Waals surface area contributed by atoms with Crippen LogP contribution in [-0.4, -0.2) is 16.0 Å². The van der Waals surface area contributed by atoms with E-state index in [1.165, 1.54) is 0 Å². The molecule has 0 aliphatic heterocycles. The fourth-order valence-corrected chi connectivity index (χ4v) is 1.88. The van der Waals surface area contributed by atoms with Crippen LogP contribution in [0.5, 0.6) is 0 Å². The second-order valence-electron chi connectivity index (χ2n) is 4.66. The van der Waals surface area contributed by atoms with Crippen LogP contribution in [0.15, 0.2) is 23.0 Å². The van der Waals surface area contributed by atoms with Crippen LogP contribution < -0.4 is 11.0 Å². The maximum absolute atomic E-state index is 11.1. The molecule has 0 saturated heterocycles. The highest BCUT2D eigenvalue weighted by Gasteiger charge is 2.10. The van der Waals surface area contributed by atoms with Crippen LogP contribution in [0.25, 0.3) is 11.0 Å². The Bertz CT molecular complexity index is 555. The minimum atomic E-state index is -0.160. The zero-order valence-corrected chi connectivity index (χ0v) is 10.5. The Morgan fingerprint density at radius 3 is 2.65 bits per heavy atom. The molecule has 0 spiro atoms. The Hall–Kier alpha value is -1.71. The minimum Gasteiger partial charge on any atom is -0.382 e. The lowest BCUT2D eigenvalue weighted by Crippen LogP contribution is -2.23. The monoisotopic (exact) mass is 233 g/mol. The topological polar surface area (TPSA) is 60.7 Å². The molecule has 2 aromatic rings. The zero-order valence-electron chi connectivity index (χ0n) is 10.5. The molecule has 2 rings (SSSR count). The highest BCUT2D eigenvalue weighted by molar-refractivity contribution is 5.78. The lowest BCUT2D eigenvalue weighted by atomic mass is 10.0. The predicted molar refractivity (Wildman–Crippen MR) is 71.5 cm³/mol. The normalized spacial score (nSPS) is 14.8. The number of fused-ring (bicyclic) bond motifs is 1. The van der Waals surface area contributed by atoms with E-state index >= 15 is 0 Å². The molecular formula is C13H19N3O. The molecule has 2 unspecified atom stereocenters. The Balaban J connectivity index is 2.21. The van der Waals surface area contributed by atoms with Crippen molar-refractivity contribution < 1.29 is 0 Å². The first kappa shape index (κ1) is 11.8. The van der Waals surface area contributed by atoms with Crippen LogP contribution in [0, 0.1) is 5.92 Å². The molecule has 17 heavy (non-hydrogen) atoms. The van der Waals surface area contributed by atoms with Gasteiger partial charge in [-0.25, -0.2) is 4.79 Å². The van der Waals surface area contributed by atoms with E-state index in [1.54, 1.807) is 0 Å². The Labute approximate surface area is 100 Å². The maximum atomic E-state index is 11.1. The van der Waals surface area contributed by atoms with E-state index in [1.807, 2.05) is 18.2 Å². The molecule has 1 aromatic carbocycles. The van der Waals surface area contributed by atoms with Gasteiger partial charge in [0.2, 0.25) is 0 Å². The Morgan fingerprint density at radius 2 is 1.94 bits per heavy atom. The van der Waals surface area contributed by atoms with E-state index in [0.717, 1.165) is 23.1 Å². The van der Waals surface area contributed by atoms with Gasteiger partial charge >= 0.3 is 5.69 Å². The number of aromatic nitrogens is 2. The molecule has 4 heteroatoms. The average Bonchev–Trinajstić information content (AvgIpc) is 2.67. The number of benzene rings is 1. The SMILES string of the molecule is CCC(C)C(C)Nc1ccc2[nH]c(=O)[nH]c2c1. The highest BCUT2D eigenvalue weighted by atomic mass is 16.1. The molecule has 0 radical (unpaired) electrons. The van der Waals surface area contributed by atoms with Gasteiger partial charge in [0.25, 0.3) is 0 Å². The van der Waals surface area contributed by atoms with Crippen LogP contribution in [0.4, 0.5) is 5.69 Å². The summed E-state index contributed by atoms with van der Waals surface area (Å²) in [7, 11) is 0. The number of hydrogen-bond donors (Lipinski definition) is 3. The van der Waals surface area contributed by atoms with Gasteiger partial charge in [-0.05, 0) is 31.0 Å². The summed E-state index contributed by atoms with van der Waals surface area (Å²) in [6, 6.07) is 6.29. The van der Waals surface area contributed by atoms with Crippen molar-refractivity contribution in [1.82, 2.24) is 9.97 Å². The Kier molecular flexibility index (Phi) is 3.22. The maximum Gasteiger partial charge on any atom is 0.323 e. The van der Waals surface area contributed by atoms with E-state index in [4.69, 9.17) is 0 Å². The molecule has 0 aliphatic carbocycles. The van der Waals surface area contributed by atoms with Crippen LogP contribution in [0.3, 0.4) is 0 Å². The van der Waals surface area contributed by atoms with Crippen LogP contribution in [-0.2, 0) is 0 Å². The van der Waals surface area contributed by atoms with Gasteiger partial charge in [-0.1, -0.05) is 20.3 Å². The third kappa shape index (κ3) is 2.52. The second kappa shape index (κ2) is 4.65. The molecule has 2 atom stereocenters. The summed E-state index contributed by atoms with van der Waals surface area (Å²) in [6.07, 6.45) is 1.15. The number of anilines is 1. The number of hydrogen-bond acceptors (Lipinski definition) is 2. The van der Waals surface area contributed by atoms with Gasteiger partial charge in [-0.3, -0.25) is 0 Å². The first-order chi connectivity index (χ1) is 8.10. The number of aromatic amines is 2. The second-order valence-corrected chi connectivity index (χ2v) is 4.66. The van der Waals surface area contributed by atoms with Crippen molar-refractivity contribution in [2.45, 2.75) is 33.2 Å². The largest absolute Gasteiger partial charge is 0.382 e. The molecule has 92 valence electrons. The standard InChI is InChI=1S/C13H19N3O/c1-4-8(2)9(3)14-10-5-6-11-12(7-10)16-13(17)15-11/h5-9,14H,4H2,1-3H3,(H2,15,16,17). The number of H-pyrrole nitrogens is 2. The minimum absolute atomic E-state index is 0.160. The lowest BCUT2D eigenvalue weighted by molar-refractivity contribution is 0.495. The van der Waals surface area contributed by atoms with Gasteiger partial charge in [0.1, 0.15) is 0 Å². The molecule has 3 N–H and O–H groups in total. The number of imidazole rings is 1. The number of rotatable bonds is 4. The van der Waals surface area contributed by atoms with Crippen molar-refractivity contribution in [3.63, 3.8) is 0 Å². The van der Waals surface area contributed by atoms with Crippen LogP contribution in [0.1, 0.15) is 27.2 Å². The van der Waals surface area contributed by atoms with E-state index in [-0.39, 0.29) is 5.69 Å². The molecule has 0 amide bonds. The molecule has 0 bridgehead atoms. The van der Waals surface area contributed by atoms with E-state index in [2.05, 4.69) is 36.1 Å². The smallest absolute Gasteiger partial charge is 0.323 e. The van der Waals surface area contributed by atoms with Gasteiger partial charge < -0.3 is 15.3 Å². The van der Waals surface area contributed by atoms with Gasteiger partial charge in [-0.15, -0.1) is 0 Å². The van der Waals surface area contributed by atoms with E-state index in [0.29, 0.717) is 12.0 Å². The van der Waals surface area contributed by atoms with Crippen LogP contribution >= 0.6 is 0 Å². The van der Waals surface area contributed by atoms with Crippen molar-refractivity contribution in [2.75, 3.05) is 5.32 Å². The average molecular weight is 233 g/mol.